The molecule has 0 atom stereocenters. The van der Waals surface area contributed by atoms with Gasteiger partial charge in [-0.1, -0.05) is 19.2 Å². The number of carbonyl (C=O) groups is 2. The Labute approximate surface area is 82.2 Å². The maximum Gasteiger partial charge on any atom is 0.338 e. The number of carboxylic acid groups (broad SMARTS) is 1. The van der Waals surface area contributed by atoms with Crippen LogP contribution in [0.3, 0.4) is 0 Å². The number of hydrogen-bond acceptors (Lipinski definition) is 3. The molecule has 0 unspecified atom stereocenters. The van der Waals surface area contributed by atoms with E-state index in [4.69, 9.17) is 5.11 Å². The molecule has 0 saturated carbocycles. The molecule has 1 N–H and O–H groups in total. The molecule has 0 aliphatic carbocycles. The summed E-state index contributed by atoms with van der Waals surface area (Å²) in [7, 11) is 1.17. The molecule has 76 valence electrons. The molecule has 0 rings (SSSR count). The number of esters is 1. The quantitative estimate of drug-likeness (QED) is 0.418. The van der Waals surface area contributed by atoms with Crippen LogP contribution >= 0.6 is 0 Å². The van der Waals surface area contributed by atoms with Gasteiger partial charge in [0.15, 0.2) is 0 Å². The highest BCUT2D eigenvalue weighted by Gasteiger charge is 2.20. The van der Waals surface area contributed by atoms with Gasteiger partial charge in [0.25, 0.3) is 0 Å². The molecule has 0 bridgehead atoms. The molecule has 4 nitrogen and oxygen atoms in total. The van der Waals surface area contributed by atoms with Crippen LogP contribution in [0.1, 0.15) is 6.92 Å². The van der Waals surface area contributed by atoms with Crippen molar-refractivity contribution in [3.8, 4) is 0 Å². The first kappa shape index (κ1) is 12.2. The molecule has 0 aromatic heterocycles. The van der Waals surface area contributed by atoms with Gasteiger partial charge in [-0.15, -0.1) is 0 Å². The maximum absolute atomic E-state index is 11.2. The summed E-state index contributed by atoms with van der Waals surface area (Å²) in [6.45, 7) is 8.29. The minimum atomic E-state index is -1.26. The van der Waals surface area contributed by atoms with Crippen molar-refractivity contribution in [1.82, 2.24) is 0 Å². The number of rotatable bonds is 4. The van der Waals surface area contributed by atoms with E-state index in [1.807, 2.05) is 0 Å². The third-order valence-corrected chi connectivity index (χ3v) is 1.65. The van der Waals surface area contributed by atoms with Crippen LogP contribution < -0.4 is 0 Å². The monoisotopic (exact) mass is 196 g/mol. The molecule has 0 fully saturated rings. The molecule has 0 radical (unpaired) electrons. The highest BCUT2D eigenvalue weighted by molar-refractivity contribution is 6.06. The average Bonchev–Trinajstić information content (AvgIpc) is 2.16. The number of carboxylic acids is 1. The maximum atomic E-state index is 11.2. The standard InChI is InChI=1S/C10H12O4/c1-5-6(2)8(10(13)14-4)7(3)9(11)12/h5H,1,3H2,2,4H3,(H,11,12)/b8-6+. The summed E-state index contributed by atoms with van der Waals surface area (Å²) < 4.78 is 4.44. The Morgan fingerprint density at radius 3 is 2.21 bits per heavy atom. The van der Waals surface area contributed by atoms with Gasteiger partial charge >= 0.3 is 11.9 Å². The summed E-state index contributed by atoms with van der Waals surface area (Å²) in [6.07, 6.45) is 1.38. The lowest BCUT2D eigenvalue weighted by Crippen LogP contribution is -2.13. The van der Waals surface area contributed by atoms with Crippen molar-refractivity contribution >= 4 is 11.9 Å². The van der Waals surface area contributed by atoms with Crippen molar-refractivity contribution in [2.45, 2.75) is 6.92 Å². The molecular weight excluding hydrogens is 184 g/mol. The van der Waals surface area contributed by atoms with Gasteiger partial charge in [0.05, 0.1) is 18.3 Å². The van der Waals surface area contributed by atoms with E-state index >= 15 is 0 Å². The lowest BCUT2D eigenvalue weighted by Gasteiger charge is -2.07. The lowest BCUT2D eigenvalue weighted by molar-refractivity contribution is -0.138. The fourth-order valence-corrected chi connectivity index (χ4v) is 0.833. The topological polar surface area (TPSA) is 63.6 Å². The van der Waals surface area contributed by atoms with Crippen LogP contribution in [-0.2, 0) is 14.3 Å². The Morgan fingerprint density at radius 1 is 1.43 bits per heavy atom. The predicted molar refractivity (Wildman–Crippen MR) is 51.7 cm³/mol. The number of ether oxygens (including phenoxy) is 1. The molecule has 0 aliphatic heterocycles. The molecule has 14 heavy (non-hydrogen) atoms. The molecule has 0 aliphatic rings. The largest absolute Gasteiger partial charge is 0.478 e. The highest BCUT2D eigenvalue weighted by Crippen LogP contribution is 2.15. The van der Waals surface area contributed by atoms with E-state index in [2.05, 4.69) is 17.9 Å². The van der Waals surface area contributed by atoms with Crippen molar-refractivity contribution < 1.29 is 19.4 Å². The van der Waals surface area contributed by atoms with E-state index in [9.17, 15) is 9.59 Å². The van der Waals surface area contributed by atoms with E-state index in [1.165, 1.54) is 13.2 Å². The van der Waals surface area contributed by atoms with Crippen molar-refractivity contribution in [2.24, 2.45) is 0 Å². The first-order valence-corrected chi connectivity index (χ1v) is 3.79. The van der Waals surface area contributed by atoms with Gasteiger partial charge in [0.1, 0.15) is 0 Å². The van der Waals surface area contributed by atoms with Crippen LogP contribution in [0.5, 0.6) is 0 Å². The van der Waals surface area contributed by atoms with Gasteiger partial charge < -0.3 is 9.84 Å². The van der Waals surface area contributed by atoms with Crippen LogP contribution in [0.25, 0.3) is 0 Å². The molecule has 0 saturated heterocycles. The zero-order valence-corrected chi connectivity index (χ0v) is 8.16. The SMILES string of the molecule is C=C/C(C)=C(\C(=C)C(=O)O)C(=O)OC. The van der Waals surface area contributed by atoms with Crippen molar-refractivity contribution in [3.05, 3.63) is 36.0 Å². The Balaban J connectivity index is 5.34. The van der Waals surface area contributed by atoms with Crippen molar-refractivity contribution in [3.63, 3.8) is 0 Å². The first-order chi connectivity index (χ1) is 6.45. The second kappa shape index (κ2) is 5.01. The number of aliphatic carboxylic acids is 1. The summed E-state index contributed by atoms with van der Waals surface area (Å²) in [4.78, 5) is 21.8. The van der Waals surface area contributed by atoms with Crippen molar-refractivity contribution in [2.75, 3.05) is 7.11 Å². The molecule has 0 amide bonds. The fourth-order valence-electron chi connectivity index (χ4n) is 0.833. The number of hydrogen-bond donors (Lipinski definition) is 1. The number of carbonyl (C=O) groups excluding carboxylic acids is 1. The number of methoxy groups -OCH3 is 1. The van der Waals surface area contributed by atoms with Crippen LogP contribution in [0.2, 0.25) is 0 Å². The Hall–Kier alpha value is -1.84. The lowest BCUT2D eigenvalue weighted by atomic mass is 10.0. The smallest absolute Gasteiger partial charge is 0.338 e. The molecule has 0 heterocycles. The average molecular weight is 196 g/mol. The summed E-state index contributed by atoms with van der Waals surface area (Å²) >= 11 is 0. The van der Waals surface area contributed by atoms with Crippen LogP contribution in [0.15, 0.2) is 36.0 Å². The van der Waals surface area contributed by atoms with Crippen molar-refractivity contribution in [1.29, 1.82) is 0 Å². The molecule has 0 aromatic rings. The summed E-state index contributed by atoms with van der Waals surface area (Å²) in [6, 6.07) is 0. The molecular formula is C10H12O4. The normalized spacial score (nSPS) is 11.3. The summed E-state index contributed by atoms with van der Waals surface area (Å²) in [5, 5.41) is 8.67. The van der Waals surface area contributed by atoms with Gasteiger partial charge in [0.2, 0.25) is 0 Å². The van der Waals surface area contributed by atoms with Crippen LogP contribution in [0.4, 0.5) is 0 Å². The Morgan fingerprint density at radius 2 is 1.93 bits per heavy atom. The second-order valence-corrected chi connectivity index (χ2v) is 2.54. The zero-order chi connectivity index (χ0) is 11.3. The first-order valence-electron chi connectivity index (χ1n) is 3.79. The zero-order valence-electron chi connectivity index (χ0n) is 8.16. The van der Waals surface area contributed by atoms with Gasteiger partial charge in [0, 0.05) is 0 Å². The third-order valence-electron chi connectivity index (χ3n) is 1.65. The van der Waals surface area contributed by atoms with Gasteiger partial charge in [-0.25, -0.2) is 9.59 Å². The third kappa shape index (κ3) is 2.58. The van der Waals surface area contributed by atoms with E-state index in [0.29, 0.717) is 5.57 Å². The Kier molecular flexibility index (Phi) is 4.35. The summed E-state index contributed by atoms with van der Waals surface area (Å²) in [5.41, 5.74) is 0.0634. The molecule has 4 heteroatoms. The highest BCUT2D eigenvalue weighted by atomic mass is 16.5. The molecule has 0 aromatic carbocycles. The molecule has 0 spiro atoms. The Bertz CT molecular complexity index is 323. The van der Waals surface area contributed by atoms with Gasteiger partial charge in [-0.3, -0.25) is 0 Å². The van der Waals surface area contributed by atoms with E-state index in [0.717, 1.165) is 0 Å². The fraction of sp³-hybridized carbons (Fsp3) is 0.200. The van der Waals surface area contributed by atoms with Crippen LogP contribution in [0, 0.1) is 0 Å². The minimum absolute atomic E-state index is 0.0602. The predicted octanol–water partition coefficient (Wildman–Crippen LogP) is 1.30. The van der Waals surface area contributed by atoms with E-state index in [1.54, 1.807) is 6.92 Å². The summed E-state index contributed by atoms with van der Waals surface area (Å²) in [5.74, 6) is -1.98. The number of allylic oxidation sites excluding steroid dienone is 2. The van der Waals surface area contributed by atoms with E-state index in [-0.39, 0.29) is 11.1 Å². The van der Waals surface area contributed by atoms with E-state index < -0.39 is 11.9 Å². The second-order valence-electron chi connectivity index (χ2n) is 2.54. The van der Waals surface area contributed by atoms with Crippen LogP contribution in [-0.4, -0.2) is 24.2 Å². The minimum Gasteiger partial charge on any atom is -0.478 e. The van der Waals surface area contributed by atoms with Gasteiger partial charge in [-0.2, -0.15) is 0 Å². The van der Waals surface area contributed by atoms with Gasteiger partial charge in [-0.05, 0) is 12.5 Å².